The van der Waals surface area contributed by atoms with Crippen LogP contribution in [0.2, 0.25) is 0 Å². The molecule has 14 heavy (non-hydrogen) atoms. The minimum absolute atomic E-state index is 0.513. The second-order valence-corrected chi connectivity index (χ2v) is 4.20. The Hall–Kier alpha value is -1.25. The van der Waals surface area contributed by atoms with Gasteiger partial charge in [-0.3, -0.25) is 0 Å². The van der Waals surface area contributed by atoms with Crippen molar-refractivity contribution in [1.82, 2.24) is 4.98 Å². The number of hydrogen-bond acceptors (Lipinski definition) is 3. The Morgan fingerprint density at radius 1 is 1.57 bits per heavy atom. The molecule has 1 unspecified atom stereocenters. The molecule has 1 fully saturated rings. The fourth-order valence-electron chi connectivity index (χ4n) is 1.66. The minimum atomic E-state index is 0.513. The van der Waals surface area contributed by atoms with Gasteiger partial charge in [0, 0.05) is 6.04 Å². The molecule has 2 rings (SSSR count). The molecule has 3 heteroatoms. The number of aromatic nitrogens is 1. The number of nitrogens with one attached hydrogen (secondary N) is 1. The molecule has 3 nitrogen and oxygen atoms in total. The van der Waals surface area contributed by atoms with Crippen molar-refractivity contribution in [1.29, 1.82) is 0 Å². The van der Waals surface area contributed by atoms with E-state index in [0.29, 0.717) is 11.7 Å². The summed E-state index contributed by atoms with van der Waals surface area (Å²) >= 11 is 0. The first-order chi connectivity index (χ1) is 6.74. The quantitative estimate of drug-likeness (QED) is 0.767. The molecule has 0 spiro atoms. The highest BCUT2D eigenvalue weighted by molar-refractivity contribution is 5.44. The van der Waals surface area contributed by atoms with E-state index < -0.39 is 0 Å². The highest BCUT2D eigenvalue weighted by Gasteiger charge is 2.23. The number of rotatable bonds is 4. The molecule has 0 aromatic carbocycles. The lowest BCUT2D eigenvalue weighted by Gasteiger charge is -2.13. The third-order valence-corrected chi connectivity index (χ3v) is 2.56. The van der Waals surface area contributed by atoms with Gasteiger partial charge in [0.2, 0.25) is 0 Å². The van der Waals surface area contributed by atoms with Gasteiger partial charge in [0.05, 0.1) is 11.9 Å². The van der Waals surface area contributed by atoms with Crippen LogP contribution >= 0.6 is 0 Å². The van der Waals surface area contributed by atoms with Crippen LogP contribution in [0.15, 0.2) is 18.3 Å². The molecule has 1 aromatic rings. The minimum Gasteiger partial charge on any atom is -0.397 e. The predicted octanol–water partition coefficient (Wildman–Crippen LogP) is 2.26. The van der Waals surface area contributed by atoms with Crippen LogP contribution in [0.3, 0.4) is 0 Å². The summed E-state index contributed by atoms with van der Waals surface area (Å²) in [5.41, 5.74) is 6.27. The van der Waals surface area contributed by atoms with Crippen LogP contribution in [-0.2, 0) is 0 Å². The summed E-state index contributed by atoms with van der Waals surface area (Å²) in [4.78, 5) is 4.21. The summed E-state index contributed by atoms with van der Waals surface area (Å²) < 4.78 is 0. The molecule has 1 saturated carbocycles. The zero-order valence-corrected chi connectivity index (χ0v) is 8.53. The van der Waals surface area contributed by atoms with E-state index in [-0.39, 0.29) is 0 Å². The van der Waals surface area contributed by atoms with Crippen LogP contribution in [0.1, 0.15) is 26.2 Å². The molecule has 0 amide bonds. The standard InChI is InChI=1S/C11H17N3/c1-8(6-9-2-3-9)14-11-5-4-10(12)7-13-11/h4-5,7-9H,2-3,6,12H2,1H3,(H,13,14). The highest BCUT2D eigenvalue weighted by atomic mass is 15.0. The molecule has 0 radical (unpaired) electrons. The molecule has 76 valence electrons. The smallest absolute Gasteiger partial charge is 0.126 e. The van der Waals surface area contributed by atoms with Crippen molar-refractivity contribution < 1.29 is 0 Å². The molecule has 1 aliphatic carbocycles. The Labute approximate surface area is 84.7 Å². The number of nitrogens with two attached hydrogens (primary N) is 1. The molecular weight excluding hydrogens is 174 g/mol. The van der Waals surface area contributed by atoms with Gasteiger partial charge >= 0.3 is 0 Å². The fraction of sp³-hybridized carbons (Fsp3) is 0.545. The van der Waals surface area contributed by atoms with Crippen LogP contribution in [0.4, 0.5) is 11.5 Å². The Kier molecular flexibility index (Phi) is 2.57. The average Bonchev–Trinajstić information content (AvgIpc) is 2.93. The largest absolute Gasteiger partial charge is 0.397 e. The van der Waals surface area contributed by atoms with Crippen molar-refractivity contribution in [3.8, 4) is 0 Å². The lowest BCUT2D eigenvalue weighted by Crippen LogP contribution is -2.16. The van der Waals surface area contributed by atoms with Crippen LogP contribution in [0.5, 0.6) is 0 Å². The van der Waals surface area contributed by atoms with Gasteiger partial charge in [-0.15, -0.1) is 0 Å². The maximum absolute atomic E-state index is 5.56. The maximum atomic E-state index is 5.56. The van der Waals surface area contributed by atoms with Gasteiger partial charge in [0.15, 0.2) is 0 Å². The van der Waals surface area contributed by atoms with Crippen LogP contribution in [-0.4, -0.2) is 11.0 Å². The second-order valence-electron chi connectivity index (χ2n) is 4.20. The summed E-state index contributed by atoms with van der Waals surface area (Å²) in [7, 11) is 0. The summed E-state index contributed by atoms with van der Waals surface area (Å²) in [6, 6.07) is 4.32. The van der Waals surface area contributed by atoms with Crippen molar-refractivity contribution >= 4 is 11.5 Å². The van der Waals surface area contributed by atoms with Gasteiger partial charge in [-0.05, 0) is 31.4 Å². The summed E-state index contributed by atoms with van der Waals surface area (Å²) in [5.74, 6) is 1.87. The van der Waals surface area contributed by atoms with E-state index in [0.717, 1.165) is 11.7 Å². The van der Waals surface area contributed by atoms with E-state index >= 15 is 0 Å². The van der Waals surface area contributed by atoms with E-state index in [4.69, 9.17) is 5.73 Å². The monoisotopic (exact) mass is 191 g/mol. The van der Waals surface area contributed by atoms with E-state index in [1.807, 2.05) is 12.1 Å². The Morgan fingerprint density at radius 2 is 2.36 bits per heavy atom. The van der Waals surface area contributed by atoms with Gasteiger partial charge in [0.1, 0.15) is 5.82 Å². The molecule has 0 bridgehead atoms. The predicted molar refractivity (Wildman–Crippen MR) is 59.1 cm³/mol. The normalized spacial score (nSPS) is 17.8. The number of hydrogen-bond donors (Lipinski definition) is 2. The number of nitrogen functional groups attached to an aromatic ring is 1. The zero-order valence-electron chi connectivity index (χ0n) is 8.53. The van der Waals surface area contributed by atoms with Gasteiger partial charge in [-0.2, -0.15) is 0 Å². The zero-order chi connectivity index (χ0) is 9.97. The van der Waals surface area contributed by atoms with Crippen molar-refractivity contribution in [2.75, 3.05) is 11.1 Å². The first kappa shape index (κ1) is 9.31. The van der Waals surface area contributed by atoms with Gasteiger partial charge in [-0.25, -0.2) is 4.98 Å². The summed E-state index contributed by atoms with van der Waals surface area (Å²) in [6.45, 7) is 2.20. The summed E-state index contributed by atoms with van der Waals surface area (Å²) in [6.07, 6.45) is 5.75. The molecule has 0 saturated heterocycles. The molecule has 1 aromatic heterocycles. The average molecular weight is 191 g/mol. The molecule has 1 aliphatic rings. The van der Waals surface area contributed by atoms with Crippen LogP contribution in [0, 0.1) is 5.92 Å². The Balaban J connectivity index is 1.85. The summed E-state index contributed by atoms with van der Waals surface area (Å²) in [5, 5.41) is 3.37. The fourth-order valence-corrected chi connectivity index (χ4v) is 1.66. The van der Waals surface area contributed by atoms with Gasteiger partial charge in [0.25, 0.3) is 0 Å². The lowest BCUT2D eigenvalue weighted by atomic mass is 10.1. The third-order valence-electron chi connectivity index (χ3n) is 2.56. The van der Waals surface area contributed by atoms with Crippen LogP contribution in [0.25, 0.3) is 0 Å². The van der Waals surface area contributed by atoms with Gasteiger partial charge < -0.3 is 11.1 Å². The van der Waals surface area contributed by atoms with E-state index in [9.17, 15) is 0 Å². The molecular formula is C11H17N3. The van der Waals surface area contributed by atoms with Crippen molar-refractivity contribution in [3.63, 3.8) is 0 Å². The lowest BCUT2D eigenvalue weighted by molar-refractivity contribution is 0.640. The highest BCUT2D eigenvalue weighted by Crippen LogP contribution is 2.33. The van der Waals surface area contributed by atoms with E-state index in [1.165, 1.54) is 19.3 Å². The Morgan fingerprint density at radius 3 is 2.93 bits per heavy atom. The molecule has 1 atom stereocenters. The van der Waals surface area contributed by atoms with Crippen molar-refractivity contribution in [2.24, 2.45) is 5.92 Å². The van der Waals surface area contributed by atoms with Crippen molar-refractivity contribution in [3.05, 3.63) is 18.3 Å². The number of nitrogens with zero attached hydrogens (tertiary/aromatic N) is 1. The molecule has 0 aliphatic heterocycles. The SMILES string of the molecule is CC(CC1CC1)Nc1ccc(N)cn1. The Bertz CT molecular complexity index is 290. The molecule has 1 heterocycles. The maximum Gasteiger partial charge on any atom is 0.126 e. The van der Waals surface area contributed by atoms with E-state index in [2.05, 4.69) is 17.2 Å². The second kappa shape index (κ2) is 3.86. The van der Waals surface area contributed by atoms with Crippen molar-refractivity contribution in [2.45, 2.75) is 32.2 Å². The van der Waals surface area contributed by atoms with E-state index in [1.54, 1.807) is 6.20 Å². The van der Waals surface area contributed by atoms with Crippen LogP contribution < -0.4 is 11.1 Å². The number of pyridine rings is 1. The third kappa shape index (κ3) is 2.62. The topological polar surface area (TPSA) is 50.9 Å². The van der Waals surface area contributed by atoms with Gasteiger partial charge in [-0.1, -0.05) is 12.8 Å². The number of anilines is 2. The first-order valence-corrected chi connectivity index (χ1v) is 5.22. The molecule has 3 N–H and O–H groups in total. The first-order valence-electron chi connectivity index (χ1n) is 5.22.